The molecule has 0 spiro atoms. The van der Waals surface area contributed by atoms with Crippen molar-refractivity contribution >= 4 is 11.7 Å². The fraction of sp³-hybridized carbons (Fsp3) is 0.333. The second kappa shape index (κ2) is 2.13. The highest BCUT2D eigenvalue weighted by Crippen LogP contribution is 2.04. The molecule has 0 aromatic heterocycles. The van der Waals surface area contributed by atoms with Gasteiger partial charge in [-0.25, -0.2) is 5.43 Å². The molecule has 0 aromatic rings. The zero-order chi connectivity index (χ0) is 7.72. The third-order valence-corrected chi connectivity index (χ3v) is 1.49. The van der Waals surface area contributed by atoms with Crippen molar-refractivity contribution in [2.45, 2.75) is 6.92 Å². The van der Waals surface area contributed by atoms with Crippen LogP contribution in [0.4, 0.5) is 0 Å². The Morgan fingerprint density at radius 2 is 2.30 bits per heavy atom. The normalized spacial score (nSPS) is 18.6. The second-order valence-corrected chi connectivity index (χ2v) is 2.16. The van der Waals surface area contributed by atoms with Crippen LogP contribution in [-0.2, 0) is 0 Å². The molecule has 0 unspecified atom stereocenters. The van der Waals surface area contributed by atoms with Gasteiger partial charge in [0.05, 0.1) is 11.4 Å². The Bertz CT molecular complexity index is 216. The minimum atomic E-state index is 0.260. The van der Waals surface area contributed by atoms with Gasteiger partial charge < -0.3 is 4.90 Å². The summed E-state index contributed by atoms with van der Waals surface area (Å²) < 4.78 is 0. The maximum atomic E-state index is 7.26. The number of nitrogens with zero attached hydrogens (tertiary/aromatic N) is 2. The number of guanidine groups is 1. The Morgan fingerprint density at radius 3 is 2.80 bits per heavy atom. The van der Waals surface area contributed by atoms with E-state index >= 15 is 0 Å². The molecule has 1 aliphatic rings. The lowest BCUT2D eigenvalue weighted by molar-refractivity contribution is 0.600. The average molecular weight is 138 g/mol. The van der Waals surface area contributed by atoms with Crippen LogP contribution in [0.2, 0.25) is 0 Å². The van der Waals surface area contributed by atoms with Crippen molar-refractivity contribution in [3.8, 4) is 0 Å². The van der Waals surface area contributed by atoms with Crippen molar-refractivity contribution in [1.82, 2.24) is 10.3 Å². The van der Waals surface area contributed by atoms with Gasteiger partial charge in [-0.3, -0.25) is 5.41 Å². The lowest BCUT2D eigenvalue weighted by atomic mass is 10.3. The Labute approximate surface area is 59.7 Å². The Morgan fingerprint density at radius 1 is 1.70 bits per heavy atom. The zero-order valence-electron chi connectivity index (χ0n) is 6.10. The molecule has 1 aliphatic heterocycles. The molecule has 0 radical (unpaired) electrons. The van der Waals surface area contributed by atoms with Gasteiger partial charge in [0.2, 0.25) is 5.96 Å². The van der Waals surface area contributed by atoms with Crippen LogP contribution in [0.15, 0.2) is 17.4 Å². The van der Waals surface area contributed by atoms with Crippen LogP contribution in [0.3, 0.4) is 0 Å². The maximum Gasteiger partial charge on any atom is 0.216 e. The summed E-state index contributed by atoms with van der Waals surface area (Å²) in [6, 6.07) is 0. The standard InChI is InChI=1S/C6H10N4/c1-4-5(2)10(3)6(7)9-8-4/h2H2,1,3H3,(H2,7,9). The van der Waals surface area contributed by atoms with Crippen molar-refractivity contribution < 1.29 is 0 Å². The van der Waals surface area contributed by atoms with E-state index in [4.69, 9.17) is 5.41 Å². The van der Waals surface area contributed by atoms with Gasteiger partial charge in [-0.2, -0.15) is 5.10 Å². The van der Waals surface area contributed by atoms with Crippen molar-refractivity contribution in [3.63, 3.8) is 0 Å². The molecule has 4 nitrogen and oxygen atoms in total. The highest BCUT2D eigenvalue weighted by Gasteiger charge is 2.14. The molecule has 54 valence electrons. The summed E-state index contributed by atoms with van der Waals surface area (Å²) in [5.41, 5.74) is 4.13. The third kappa shape index (κ3) is 0.877. The number of hydrogen-bond acceptors (Lipinski definition) is 2. The molecule has 1 heterocycles. The minimum Gasteiger partial charge on any atom is -0.313 e. The van der Waals surface area contributed by atoms with Crippen LogP contribution in [-0.4, -0.2) is 23.6 Å². The fourth-order valence-corrected chi connectivity index (χ4v) is 0.654. The number of hydrogen-bond donors (Lipinski definition) is 2. The summed E-state index contributed by atoms with van der Waals surface area (Å²) in [6.07, 6.45) is 0. The van der Waals surface area contributed by atoms with E-state index in [0.717, 1.165) is 11.4 Å². The maximum absolute atomic E-state index is 7.26. The summed E-state index contributed by atoms with van der Waals surface area (Å²) in [5, 5.41) is 11.1. The predicted octanol–water partition coefficient (Wildman–Crippen LogP) is 0.346. The van der Waals surface area contributed by atoms with Crippen molar-refractivity contribution in [2.24, 2.45) is 5.10 Å². The van der Waals surface area contributed by atoms with Gasteiger partial charge in [-0.05, 0) is 6.92 Å². The smallest absolute Gasteiger partial charge is 0.216 e. The number of allylic oxidation sites excluding steroid dienone is 1. The molecule has 2 N–H and O–H groups in total. The average Bonchev–Trinajstić information content (AvgIpc) is 1.93. The number of hydrazone groups is 1. The van der Waals surface area contributed by atoms with Crippen LogP contribution in [0.5, 0.6) is 0 Å². The van der Waals surface area contributed by atoms with Gasteiger partial charge in [0.25, 0.3) is 0 Å². The zero-order valence-corrected chi connectivity index (χ0v) is 6.10. The van der Waals surface area contributed by atoms with Gasteiger partial charge in [0.15, 0.2) is 0 Å². The molecule has 10 heavy (non-hydrogen) atoms. The summed E-state index contributed by atoms with van der Waals surface area (Å²) >= 11 is 0. The molecule has 0 aromatic carbocycles. The second-order valence-electron chi connectivity index (χ2n) is 2.16. The summed E-state index contributed by atoms with van der Waals surface area (Å²) in [4.78, 5) is 1.64. The molecule has 0 fully saturated rings. The Hall–Kier alpha value is -1.32. The van der Waals surface area contributed by atoms with Crippen LogP contribution >= 0.6 is 0 Å². The van der Waals surface area contributed by atoms with Gasteiger partial charge in [-0.15, -0.1) is 0 Å². The largest absolute Gasteiger partial charge is 0.313 e. The first-order valence-electron chi connectivity index (χ1n) is 2.95. The van der Waals surface area contributed by atoms with Crippen molar-refractivity contribution in [2.75, 3.05) is 7.05 Å². The number of rotatable bonds is 0. The van der Waals surface area contributed by atoms with E-state index in [1.54, 1.807) is 11.9 Å². The van der Waals surface area contributed by atoms with E-state index < -0.39 is 0 Å². The topological polar surface area (TPSA) is 51.5 Å². The predicted molar refractivity (Wildman–Crippen MR) is 40.9 cm³/mol. The Kier molecular flexibility index (Phi) is 1.45. The SMILES string of the molecule is C=C1C(C)=NNC(=N)N1C. The van der Waals surface area contributed by atoms with Crippen LogP contribution < -0.4 is 5.43 Å². The van der Waals surface area contributed by atoms with Crippen LogP contribution in [0, 0.1) is 5.41 Å². The van der Waals surface area contributed by atoms with Crippen LogP contribution in [0.1, 0.15) is 6.92 Å². The molecule has 0 atom stereocenters. The Balaban J connectivity index is 2.91. The first-order valence-corrected chi connectivity index (χ1v) is 2.95. The minimum absolute atomic E-state index is 0.260. The van der Waals surface area contributed by atoms with E-state index in [2.05, 4.69) is 17.1 Å². The van der Waals surface area contributed by atoms with Gasteiger partial charge in [-0.1, -0.05) is 6.58 Å². The summed E-state index contributed by atoms with van der Waals surface area (Å²) in [5.74, 6) is 0.260. The molecule has 4 heteroatoms. The molecule has 0 saturated carbocycles. The number of nitrogens with one attached hydrogen (secondary N) is 2. The van der Waals surface area contributed by atoms with E-state index in [0.29, 0.717) is 0 Å². The van der Waals surface area contributed by atoms with Crippen LogP contribution in [0.25, 0.3) is 0 Å². The highest BCUT2D eigenvalue weighted by molar-refractivity contribution is 6.03. The molecule has 0 amide bonds. The fourth-order valence-electron chi connectivity index (χ4n) is 0.654. The monoisotopic (exact) mass is 138 g/mol. The van der Waals surface area contributed by atoms with Crippen molar-refractivity contribution in [1.29, 1.82) is 5.41 Å². The lowest BCUT2D eigenvalue weighted by Gasteiger charge is -2.25. The van der Waals surface area contributed by atoms with Gasteiger partial charge >= 0.3 is 0 Å². The first-order chi connectivity index (χ1) is 4.63. The first kappa shape index (κ1) is 6.80. The highest BCUT2D eigenvalue weighted by atomic mass is 15.4. The van der Waals surface area contributed by atoms with Gasteiger partial charge in [0.1, 0.15) is 0 Å². The summed E-state index contributed by atoms with van der Waals surface area (Å²) in [7, 11) is 1.77. The molecule has 0 bridgehead atoms. The quantitative estimate of drug-likeness (QED) is 0.507. The van der Waals surface area contributed by atoms with E-state index in [1.165, 1.54) is 0 Å². The summed E-state index contributed by atoms with van der Waals surface area (Å²) in [6.45, 7) is 5.59. The molecular formula is C6H10N4. The van der Waals surface area contributed by atoms with E-state index in [1.807, 2.05) is 6.92 Å². The molecule has 1 rings (SSSR count). The third-order valence-electron chi connectivity index (χ3n) is 1.49. The molecular weight excluding hydrogens is 128 g/mol. The molecule has 0 aliphatic carbocycles. The van der Waals surface area contributed by atoms with E-state index in [9.17, 15) is 0 Å². The van der Waals surface area contributed by atoms with E-state index in [-0.39, 0.29) is 5.96 Å². The van der Waals surface area contributed by atoms with Gasteiger partial charge in [0, 0.05) is 7.05 Å². The molecule has 0 saturated heterocycles. The van der Waals surface area contributed by atoms with Crippen molar-refractivity contribution in [3.05, 3.63) is 12.3 Å². The lowest BCUT2D eigenvalue weighted by Crippen LogP contribution is -2.41.